The molecule has 1 fully saturated rings. The first kappa shape index (κ1) is 19.6. The van der Waals surface area contributed by atoms with Gasteiger partial charge in [-0.05, 0) is 42.3 Å². The molecule has 0 saturated carbocycles. The first-order valence-electron chi connectivity index (χ1n) is 8.39. The van der Waals surface area contributed by atoms with E-state index in [2.05, 4.69) is 16.0 Å². The van der Waals surface area contributed by atoms with Crippen molar-refractivity contribution in [3.05, 3.63) is 65.2 Å². The number of rotatable bonds is 5. The molecule has 3 N–H and O–H groups in total. The maximum absolute atomic E-state index is 12.5. The molecule has 146 valence electrons. The van der Waals surface area contributed by atoms with Crippen molar-refractivity contribution in [2.24, 2.45) is 0 Å². The average Bonchev–Trinajstić information content (AvgIpc) is 2.87. The van der Waals surface area contributed by atoms with Crippen molar-refractivity contribution in [3.63, 3.8) is 0 Å². The van der Waals surface area contributed by atoms with E-state index in [4.69, 9.17) is 0 Å². The van der Waals surface area contributed by atoms with Crippen LogP contribution in [0.4, 0.5) is 10.5 Å². The van der Waals surface area contributed by atoms with Gasteiger partial charge in [-0.3, -0.25) is 14.9 Å². The normalized spacial score (nSPS) is 19.1. The van der Waals surface area contributed by atoms with Crippen molar-refractivity contribution in [3.8, 4) is 0 Å². The average molecular weight is 401 g/mol. The summed E-state index contributed by atoms with van der Waals surface area (Å²) < 4.78 is 22.7. The lowest BCUT2D eigenvalue weighted by Gasteiger charge is -2.21. The lowest BCUT2D eigenvalue weighted by atomic mass is 9.92. The Hall–Kier alpha value is -3.20. The van der Waals surface area contributed by atoms with Crippen LogP contribution in [-0.4, -0.2) is 32.5 Å². The molecule has 1 atom stereocenters. The highest BCUT2D eigenvalue weighted by Crippen LogP contribution is 2.26. The van der Waals surface area contributed by atoms with Crippen LogP contribution in [0.1, 0.15) is 28.4 Å². The number of hydrogen-bond donors (Lipinski definition) is 3. The highest BCUT2D eigenvalue weighted by Gasteiger charge is 2.43. The molecular formula is C19H19N3O5S. The van der Waals surface area contributed by atoms with E-state index in [0.29, 0.717) is 22.4 Å². The second-order valence-electron chi connectivity index (χ2n) is 6.84. The summed E-state index contributed by atoms with van der Waals surface area (Å²) >= 11 is 0. The van der Waals surface area contributed by atoms with Gasteiger partial charge in [-0.2, -0.15) is 0 Å². The zero-order valence-electron chi connectivity index (χ0n) is 15.3. The molecule has 4 amide bonds. The molecule has 3 rings (SSSR count). The standard InChI is InChI=1S/C19H19N3O5S/c1-19(17(24)21-18(25)22-19)14-4-3-5-15(10-14)20-16(23)13-8-6-12(7-9-13)11-28(2,26)27/h3-10H,11H2,1-2H3,(H,20,23)(H2,21,22,24,25)/t19-/m1/s1. The topological polar surface area (TPSA) is 121 Å². The number of imide groups is 1. The monoisotopic (exact) mass is 401 g/mol. The summed E-state index contributed by atoms with van der Waals surface area (Å²) in [5.74, 6) is -0.945. The van der Waals surface area contributed by atoms with E-state index < -0.39 is 27.3 Å². The molecule has 0 unspecified atom stereocenters. The molecule has 1 aliphatic rings. The van der Waals surface area contributed by atoms with E-state index in [1.165, 1.54) is 0 Å². The third-order valence-corrected chi connectivity index (χ3v) is 5.25. The van der Waals surface area contributed by atoms with Crippen LogP contribution in [-0.2, 0) is 25.9 Å². The minimum Gasteiger partial charge on any atom is -0.322 e. The third kappa shape index (κ3) is 4.20. The summed E-state index contributed by atoms with van der Waals surface area (Å²) in [6, 6.07) is 12.3. The summed E-state index contributed by atoms with van der Waals surface area (Å²) in [4.78, 5) is 36.0. The zero-order chi connectivity index (χ0) is 20.5. The van der Waals surface area contributed by atoms with Gasteiger partial charge in [0.05, 0.1) is 5.75 Å². The fourth-order valence-electron chi connectivity index (χ4n) is 2.91. The van der Waals surface area contributed by atoms with Gasteiger partial charge < -0.3 is 10.6 Å². The molecule has 28 heavy (non-hydrogen) atoms. The third-order valence-electron chi connectivity index (χ3n) is 4.39. The van der Waals surface area contributed by atoms with Gasteiger partial charge >= 0.3 is 6.03 Å². The Balaban J connectivity index is 1.76. The zero-order valence-corrected chi connectivity index (χ0v) is 16.1. The Morgan fingerprint density at radius 3 is 2.36 bits per heavy atom. The van der Waals surface area contributed by atoms with E-state index >= 15 is 0 Å². The van der Waals surface area contributed by atoms with Crippen molar-refractivity contribution in [1.82, 2.24) is 10.6 Å². The largest absolute Gasteiger partial charge is 0.322 e. The van der Waals surface area contributed by atoms with E-state index in [0.717, 1.165) is 6.26 Å². The van der Waals surface area contributed by atoms with E-state index in [1.54, 1.807) is 55.5 Å². The number of benzene rings is 2. The Morgan fingerprint density at radius 2 is 1.79 bits per heavy atom. The molecule has 9 heteroatoms. The van der Waals surface area contributed by atoms with Crippen molar-refractivity contribution in [1.29, 1.82) is 0 Å². The Morgan fingerprint density at radius 1 is 1.11 bits per heavy atom. The smallest absolute Gasteiger partial charge is 0.322 e. The Labute approximate surface area is 162 Å². The van der Waals surface area contributed by atoms with Gasteiger partial charge in [0, 0.05) is 17.5 Å². The molecule has 1 aliphatic heterocycles. The molecule has 0 aromatic heterocycles. The number of sulfone groups is 1. The van der Waals surface area contributed by atoms with Crippen LogP contribution < -0.4 is 16.0 Å². The highest BCUT2D eigenvalue weighted by molar-refractivity contribution is 7.89. The number of urea groups is 1. The van der Waals surface area contributed by atoms with Crippen LogP contribution >= 0.6 is 0 Å². The van der Waals surface area contributed by atoms with E-state index in [-0.39, 0.29) is 11.7 Å². The van der Waals surface area contributed by atoms with Crippen molar-refractivity contribution in [2.45, 2.75) is 18.2 Å². The van der Waals surface area contributed by atoms with Crippen LogP contribution in [0.2, 0.25) is 0 Å². The van der Waals surface area contributed by atoms with Crippen molar-refractivity contribution in [2.75, 3.05) is 11.6 Å². The molecule has 0 bridgehead atoms. The lowest BCUT2D eigenvalue weighted by molar-refractivity contribution is -0.123. The molecule has 2 aromatic carbocycles. The Kier molecular flexibility index (Phi) is 4.95. The van der Waals surface area contributed by atoms with Crippen LogP contribution in [0.5, 0.6) is 0 Å². The van der Waals surface area contributed by atoms with Gasteiger partial charge in [0.2, 0.25) is 0 Å². The molecule has 1 saturated heterocycles. The van der Waals surface area contributed by atoms with Crippen LogP contribution in [0, 0.1) is 0 Å². The van der Waals surface area contributed by atoms with Gasteiger partial charge in [0.15, 0.2) is 9.84 Å². The number of amides is 4. The summed E-state index contributed by atoms with van der Waals surface area (Å²) in [5, 5.41) is 7.50. The lowest BCUT2D eigenvalue weighted by Crippen LogP contribution is -2.40. The number of nitrogens with one attached hydrogen (secondary N) is 3. The molecular weight excluding hydrogens is 382 g/mol. The number of carbonyl (C=O) groups is 3. The fraction of sp³-hybridized carbons (Fsp3) is 0.211. The molecule has 0 aliphatic carbocycles. The minimum absolute atomic E-state index is 0.0939. The highest BCUT2D eigenvalue weighted by atomic mass is 32.2. The first-order valence-corrected chi connectivity index (χ1v) is 10.4. The minimum atomic E-state index is -3.15. The van der Waals surface area contributed by atoms with Crippen molar-refractivity contribution < 1.29 is 22.8 Å². The summed E-state index contributed by atoms with van der Waals surface area (Å²) in [7, 11) is -3.15. The summed E-state index contributed by atoms with van der Waals surface area (Å²) in [5.41, 5.74) is 0.721. The quantitative estimate of drug-likeness (QED) is 0.656. The van der Waals surface area contributed by atoms with Crippen molar-refractivity contribution >= 4 is 33.4 Å². The Bertz CT molecular complexity index is 1060. The van der Waals surface area contributed by atoms with Gasteiger partial charge in [-0.25, -0.2) is 13.2 Å². The van der Waals surface area contributed by atoms with Crippen LogP contribution in [0.15, 0.2) is 48.5 Å². The van der Waals surface area contributed by atoms with Crippen LogP contribution in [0.25, 0.3) is 0 Å². The summed E-state index contributed by atoms with van der Waals surface area (Å²) in [6.07, 6.45) is 1.15. The number of carbonyl (C=O) groups excluding carboxylic acids is 3. The predicted octanol–water partition coefficient (Wildman–Crippen LogP) is 1.54. The molecule has 0 radical (unpaired) electrons. The van der Waals surface area contributed by atoms with Gasteiger partial charge in [-0.15, -0.1) is 0 Å². The predicted molar refractivity (Wildman–Crippen MR) is 103 cm³/mol. The van der Waals surface area contributed by atoms with Crippen LogP contribution in [0.3, 0.4) is 0 Å². The SMILES string of the molecule is C[C@]1(c2cccc(NC(=O)c3ccc(CS(C)(=O)=O)cc3)c2)NC(=O)NC1=O. The van der Waals surface area contributed by atoms with E-state index in [1.807, 2.05) is 0 Å². The number of hydrogen-bond acceptors (Lipinski definition) is 5. The molecule has 2 aromatic rings. The second kappa shape index (κ2) is 7.08. The van der Waals surface area contributed by atoms with Gasteiger partial charge in [0.1, 0.15) is 5.54 Å². The number of anilines is 1. The first-order chi connectivity index (χ1) is 13.1. The fourth-order valence-corrected chi connectivity index (χ4v) is 3.71. The van der Waals surface area contributed by atoms with E-state index in [9.17, 15) is 22.8 Å². The van der Waals surface area contributed by atoms with Gasteiger partial charge in [0.25, 0.3) is 11.8 Å². The summed E-state index contributed by atoms with van der Waals surface area (Å²) in [6.45, 7) is 1.58. The molecule has 0 spiro atoms. The maximum Gasteiger partial charge on any atom is 0.322 e. The molecule has 8 nitrogen and oxygen atoms in total. The molecule has 1 heterocycles. The second-order valence-corrected chi connectivity index (χ2v) is 8.98. The van der Waals surface area contributed by atoms with Gasteiger partial charge in [-0.1, -0.05) is 24.3 Å². The maximum atomic E-state index is 12.5.